The van der Waals surface area contributed by atoms with E-state index in [1.807, 2.05) is 0 Å². The van der Waals surface area contributed by atoms with Gasteiger partial charge in [-0.15, -0.1) is 0 Å². The Bertz CT molecular complexity index is 1170. The molecular weight excluding hydrogens is 606 g/mol. The SMILES string of the molecule is C=C(CC[C@@H](COS(=O)(=O)[O-])[C@H]1CC[C@H]2[C@@H]3CC[C@@H]4[C@H](O)[C@H](OS(=O)(=O)[O-])CC[C@]4(C)[C@H]3[C@@H](O)C[C@]12C)C(C)C.[Na+].[Na+]. The number of fused-ring (bicyclic) bond motifs is 5. The first-order valence-electron chi connectivity index (χ1n) is 14.7. The van der Waals surface area contributed by atoms with Crippen molar-refractivity contribution in [3.63, 3.8) is 0 Å². The summed E-state index contributed by atoms with van der Waals surface area (Å²) in [6.07, 6.45) is 2.94. The predicted molar refractivity (Wildman–Crippen MR) is 145 cm³/mol. The zero-order chi connectivity index (χ0) is 29.8. The molecule has 0 bridgehead atoms. The second-order valence-electron chi connectivity index (χ2n) is 13.8. The van der Waals surface area contributed by atoms with Gasteiger partial charge in [-0.3, -0.25) is 8.37 Å². The molecule has 0 aromatic heterocycles. The monoisotopic (exact) mass is 652 g/mol. The number of hydrogen-bond acceptors (Lipinski definition) is 10. The zero-order valence-electron chi connectivity index (χ0n) is 26.0. The third kappa shape index (κ3) is 8.27. The van der Waals surface area contributed by atoms with Crippen LogP contribution < -0.4 is 59.1 Å². The molecule has 4 aliphatic carbocycles. The predicted octanol–water partition coefficient (Wildman–Crippen LogP) is -2.47. The first kappa shape index (κ1) is 39.6. The van der Waals surface area contributed by atoms with Crippen molar-refractivity contribution in [2.75, 3.05) is 6.61 Å². The van der Waals surface area contributed by atoms with Crippen LogP contribution in [0.1, 0.15) is 85.5 Å². The maximum Gasteiger partial charge on any atom is 1.00 e. The van der Waals surface area contributed by atoms with E-state index in [1.54, 1.807) is 0 Å². The van der Waals surface area contributed by atoms with E-state index in [2.05, 4.69) is 34.3 Å². The number of hydrogen-bond donors (Lipinski definition) is 2. The molecule has 10 nitrogen and oxygen atoms in total. The molecule has 0 radical (unpaired) electrons. The van der Waals surface area contributed by atoms with E-state index < -0.39 is 44.5 Å². The Labute approximate surface area is 296 Å². The fourth-order valence-electron chi connectivity index (χ4n) is 9.73. The van der Waals surface area contributed by atoms with Gasteiger partial charge in [0.05, 0.1) is 18.8 Å². The molecule has 42 heavy (non-hydrogen) atoms. The standard InChI is InChI=1S/C28H48O10S2.2Na/c1-16(2)17(3)6-7-18(15-37-39(31,32)33)20-10-11-21-19-8-9-22-26(30)24(38-40(34,35)36)12-13-27(22,4)25(19)23(29)14-28(20,21)5;;/h16,18-26,29-30H,3,6-15H2,1-2,4-5H3,(H,31,32,33)(H,34,35,36);;/q;2*+1/p-2/t18-,19-,20+,21-,22+,23-,24+,25+,26-,27-,28+;;/m0../s1. The fourth-order valence-corrected chi connectivity index (χ4v) is 10.6. The summed E-state index contributed by atoms with van der Waals surface area (Å²) >= 11 is 0. The summed E-state index contributed by atoms with van der Waals surface area (Å²) < 4.78 is 77.4. The normalized spacial score (nSPS) is 40.6. The van der Waals surface area contributed by atoms with Crippen molar-refractivity contribution < 1.29 is 104 Å². The molecule has 4 aliphatic rings. The maximum absolute atomic E-state index is 11.8. The van der Waals surface area contributed by atoms with Crippen molar-refractivity contribution in [3.8, 4) is 0 Å². The van der Waals surface area contributed by atoms with Crippen LogP contribution in [0.3, 0.4) is 0 Å². The van der Waals surface area contributed by atoms with Crippen molar-refractivity contribution in [1.82, 2.24) is 0 Å². The second kappa shape index (κ2) is 14.7. The van der Waals surface area contributed by atoms with E-state index in [0.29, 0.717) is 32.1 Å². The Balaban J connectivity index is 0.00000308. The molecule has 232 valence electrons. The van der Waals surface area contributed by atoms with Gasteiger partial charge in [0.15, 0.2) is 0 Å². The van der Waals surface area contributed by atoms with Crippen molar-refractivity contribution in [2.45, 2.75) is 104 Å². The first-order chi connectivity index (χ1) is 18.4. The summed E-state index contributed by atoms with van der Waals surface area (Å²) in [7, 11) is -9.78. The minimum atomic E-state index is -4.94. The molecule has 2 N–H and O–H groups in total. The third-order valence-electron chi connectivity index (χ3n) is 11.6. The van der Waals surface area contributed by atoms with E-state index in [1.165, 1.54) is 0 Å². The molecule has 14 heteroatoms. The molecule has 0 heterocycles. The van der Waals surface area contributed by atoms with Crippen LogP contribution >= 0.6 is 0 Å². The van der Waals surface area contributed by atoms with Gasteiger partial charge in [-0.25, -0.2) is 16.8 Å². The van der Waals surface area contributed by atoms with Gasteiger partial charge in [-0.2, -0.15) is 0 Å². The molecular formula is C28H46Na2O10S2. The van der Waals surface area contributed by atoms with Gasteiger partial charge in [0, 0.05) is 0 Å². The van der Waals surface area contributed by atoms with Crippen molar-refractivity contribution in [1.29, 1.82) is 0 Å². The van der Waals surface area contributed by atoms with Crippen LogP contribution in [0.25, 0.3) is 0 Å². The second-order valence-corrected chi connectivity index (χ2v) is 15.9. The van der Waals surface area contributed by atoms with E-state index in [-0.39, 0.29) is 119 Å². The number of aliphatic hydroxyl groups is 2. The number of rotatable bonds is 10. The Kier molecular flexibility index (Phi) is 13.8. The minimum absolute atomic E-state index is 0. The average Bonchev–Trinajstić information content (AvgIpc) is 3.15. The quantitative estimate of drug-likeness (QED) is 0.111. The van der Waals surface area contributed by atoms with Crippen LogP contribution in [0.2, 0.25) is 0 Å². The molecule has 11 atom stereocenters. The van der Waals surface area contributed by atoms with Crippen LogP contribution in [0.15, 0.2) is 12.2 Å². The zero-order valence-corrected chi connectivity index (χ0v) is 31.7. The van der Waals surface area contributed by atoms with Crippen LogP contribution in [-0.2, 0) is 29.2 Å². The van der Waals surface area contributed by atoms with Crippen LogP contribution in [0.4, 0.5) is 0 Å². The molecule has 0 amide bonds. The average molecular weight is 653 g/mol. The maximum atomic E-state index is 11.8. The van der Waals surface area contributed by atoms with E-state index in [0.717, 1.165) is 24.8 Å². The van der Waals surface area contributed by atoms with Crippen LogP contribution in [0, 0.1) is 52.3 Å². The topological polar surface area (TPSA) is 173 Å². The summed E-state index contributed by atoms with van der Waals surface area (Å²) in [6, 6.07) is 0. The molecule has 0 saturated heterocycles. The molecule has 0 aromatic rings. The van der Waals surface area contributed by atoms with Crippen molar-refractivity contribution >= 4 is 20.8 Å². The fraction of sp³-hybridized carbons (Fsp3) is 0.929. The van der Waals surface area contributed by atoms with Gasteiger partial charge in [0.2, 0.25) is 20.8 Å². The molecule has 4 fully saturated rings. The first-order valence-corrected chi connectivity index (χ1v) is 17.3. The molecule has 4 rings (SSSR count). The number of allylic oxidation sites excluding steroid dienone is 1. The van der Waals surface area contributed by atoms with E-state index in [4.69, 9.17) is 8.37 Å². The molecule has 0 aromatic carbocycles. The van der Waals surface area contributed by atoms with Gasteiger partial charge in [0.1, 0.15) is 6.10 Å². The van der Waals surface area contributed by atoms with Crippen molar-refractivity contribution in [2.24, 2.45) is 52.3 Å². The van der Waals surface area contributed by atoms with Gasteiger partial charge >= 0.3 is 59.1 Å². The molecule has 0 unspecified atom stereocenters. The summed E-state index contributed by atoms with van der Waals surface area (Å²) in [5.41, 5.74) is 0.341. The van der Waals surface area contributed by atoms with Crippen LogP contribution in [-0.4, -0.2) is 61.1 Å². The number of aliphatic hydroxyl groups excluding tert-OH is 2. The Hall–Kier alpha value is 1.40. The molecule has 0 spiro atoms. The molecule has 0 aliphatic heterocycles. The smallest absolute Gasteiger partial charge is 0.726 e. The summed E-state index contributed by atoms with van der Waals surface area (Å²) in [5.74, 6) is 0.246. The van der Waals surface area contributed by atoms with Crippen molar-refractivity contribution in [3.05, 3.63) is 12.2 Å². The molecule has 4 saturated carbocycles. The van der Waals surface area contributed by atoms with Crippen LogP contribution in [0.5, 0.6) is 0 Å². The Morgan fingerprint density at radius 3 is 2.14 bits per heavy atom. The van der Waals surface area contributed by atoms with Gasteiger partial charge in [-0.05, 0) is 110 Å². The van der Waals surface area contributed by atoms with Gasteiger partial charge in [-0.1, -0.05) is 39.8 Å². The Morgan fingerprint density at radius 1 is 0.952 bits per heavy atom. The van der Waals surface area contributed by atoms with E-state index in [9.17, 15) is 36.2 Å². The third-order valence-corrected chi connectivity index (χ3v) is 12.5. The Morgan fingerprint density at radius 2 is 1.57 bits per heavy atom. The summed E-state index contributed by atoms with van der Waals surface area (Å²) in [4.78, 5) is 0. The summed E-state index contributed by atoms with van der Waals surface area (Å²) in [6.45, 7) is 12.4. The van der Waals surface area contributed by atoms with E-state index >= 15 is 0 Å². The van der Waals surface area contributed by atoms with Gasteiger partial charge < -0.3 is 19.3 Å². The summed E-state index contributed by atoms with van der Waals surface area (Å²) in [5, 5.41) is 22.8. The van der Waals surface area contributed by atoms with Gasteiger partial charge in [0.25, 0.3) is 0 Å². The minimum Gasteiger partial charge on any atom is -0.726 e. The largest absolute Gasteiger partial charge is 1.00 e.